The van der Waals surface area contributed by atoms with Crippen LogP contribution in [0.4, 0.5) is 0 Å². The number of nitrogens with zero attached hydrogens (tertiary/aromatic N) is 4. The van der Waals surface area contributed by atoms with Crippen molar-refractivity contribution < 1.29 is 0 Å². The van der Waals surface area contributed by atoms with Crippen molar-refractivity contribution in [1.29, 1.82) is 0 Å². The minimum atomic E-state index is 0.377. The number of tetrazole rings is 1. The Kier molecular flexibility index (Phi) is 4.24. The molecule has 1 aromatic heterocycles. The van der Waals surface area contributed by atoms with Crippen LogP contribution in [0.1, 0.15) is 5.56 Å². The van der Waals surface area contributed by atoms with Crippen LogP contribution >= 0.6 is 39.1 Å². The highest BCUT2D eigenvalue weighted by atomic mass is 79.9. The van der Waals surface area contributed by atoms with E-state index in [1.165, 1.54) is 4.80 Å². The third-order valence-electron chi connectivity index (χ3n) is 2.92. The summed E-state index contributed by atoms with van der Waals surface area (Å²) in [4.78, 5) is 1.48. The summed E-state index contributed by atoms with van der Waals surface area (Å²) in [6.07, 6.45) is 0. The van der Waals surface area contributed by atoms with E-state index in [1.807, 2.05) is 24.3 Å². The SMILES string of the molecule is Clc1cccc(Cl)c1Cn1nnc(-c2ccc(Br)cc2)n1. The maximum absolute atomic E-state index is 6.14. The highest BCUT2D eigenvalue weighted by Gasteiger charge is 2.10. The van der Waals surface area contributed by atoms with Crippen LogP contribution in [0.15, 0.2) is 46.9 Å². The first-order valence-electron chi connectivity index (χ1n) is 6.10. The smallest absolute Gasteiger partial charge is 0.159 e. The summed E-state index contributed by atoms with van der Waals surface area (Å²) >= 11 is 15.7. The van der Waals surface area contributed by atoms with Crippen LogP contribution in [0, 0.1) is 0 Å². The van der Waals surface area contributed by atoms with E-state index >= 15 is 0 Å². The number of hydrogen-bond acceptors (Lipinski definition) is 3. The Balaban J connectivity index is 1.87. The molecule has 4 nitrogen and oxygen atoms in total. The summed E-state index contributed by atoms with van der Waals surface area (Å²) in [6.45, 7) is 0.377. The second kappa shape index (κ2) is 6.13. The van der Waals surface area contributed by atoms with Crippen LogP contribution in [-0.4, -0.2) is 20.2 Å². The summed E-state index contributed by atoms with van der Waals surface area (Å²) in [5, 5.41) is 13.6. The van der Waals surface area contributed by atoms with Gasteiger partial charge in [0.1, 0.15) is 0 Å². The highest BCUT2D eigenvalue weighted by Crippen LogP contribution is 2.25. The zero-order valence-electron chi connectivity index (χ0n) is 10.7. The standard InChI is InChI=1S/C14H9BrCl2N4/c15-10-6-4-9(5-7-10)14-18-20-21(19-14)8-11-12(16)2-1-3-13(11)17/h1-7H,8H2. The van der Waals surface area contributed by atoms with Gasteiger partial charge in [-0.3, -0.25) is 0 Å². The lowest BCUT2D eigenvalue weighted by Crippen LogP contribution is -2.05. The fraction of sp³-hybridized carbons (Fsp3) is 0.0714. The van der Waals surface area contributed by atoms with Crippen LogP contribution in [0.3, 0.4) is 0 Å². The summed E-state index contributed by atoms with van der Waals surface area (Å²) in [6, 6.07) is 13.1. The topological polar surface area (TPSA) is 43.6 Å². The number of benzene rings is 2. The van der Waals surface area contributed by atoms with Crippen molar-refractivity contribution in [3.63, 3.8) is 0 Å². The van der Waals surface area contributed by atoms with Crippen molar-refractivity contribution in [3.8, 4) is 11.4 Å². The zero-order valence-corrected chi connectivity index (χ0v) is 13.8. The third-order valence-corrected chi connectivity index (χ3v) is 4.15. The van der Waals surface area contributed by atoms with E-state index in [1.54, 1.807) is 18.2 Å². The molecule has 0 N–H and O–H groups in total. The number of rotatable bonds is 3. The van der Waals surface area contributed by atoms with Gasteiger partial charge in [0.25, 0.3) is 0 Å². The highest BCUT2D eigenvalue weighted by molar-refractivity contribution is 9.10. The molecule has 0 unspecified atom stereocenters. The predicted molar refractivity (Wildman–Crippen MR) is 86.5 cm³/mol. The van der Waals surface area contributed by atoms with Crippen LogP contribution in [0.5, 0.6) is 0 Å². The Morgan fingerprint density at radius 3 is 2.33 bits per heavy atom. The van der Waals surface area contributed by atoms with Crippen LogP contribution in [-0.2, 0) is 6.54 Å². The van der Waals surface area contributed by atoms with Gasteiger partial charge < -0.3 is 0 Å². The monoisotopic (exact) mass is 382 g/mol. The van der Waals surface area contributed by atoms with Gasteiger partial charge in [0, 0.05) is 25.6 Å². The molecule has 0 spiro atoms. The van der Waals surface area contributed by atoms with Crippen LogP contribution in [0.25, 0.3) is 11.4 Å². The van der Waals surface area contributed by atoms with E-state index in [0.717, 1.165) is 15.6 Å². The molecular weight excluding hydrogens is 375 g/mol. The average Bonchev–Trinajstić information content (AvgIpc) is 2.92. The van der Waals surface area contributed by atoms with Gasteiger partial charge in [0.05, 0.1) is 6.54 Å². The zero-order chi connectivity index (χ0) is 14.8. The number of hydrogen-bond donors (Lipinski definition) is 0. The van der Waals surface area contributed by atoms with Crippen LogP contribution < -0.4 is 0 Å². The van der Waals surface area contributed by atoms with E-state index in [4.69, 9.17) is 23.2 Å². The first-order valence-corrected chi connectivity index (χ1v) is 7.65. The van der Waals surface area contributed by atoms with Crippen LogP contribution in [0.2, 0.25) is 10.0 Å². The lowest BCUT2D eigenvalue weighted by Gasteiger charge is -2.04. The fourth-order valence-corrected chi connectivity index (χ4v) is 2.63. The second-order valence-electron chi connectivity index (χ2n) is 4.35. The molecule has 0 aliphatic heterocycles. The molecule has 7 heteroatoms. The quantitative estimate of drug-likeness (QED) is 0.670. The molecular formula is C14H9BrCl2N4. The van der Waals surface area contributed by atoms with Crippen molar-refractivity contribution >= 4 is 39.1 Å². The van der Waals surface area contributed by atoms with Gasteiger partial charge >= 0.3 is 0 Å². The Labute approximate surface area is 139 Å². The van der Waals surface area contributed by atoms with Crippen molar-refractivity contribution in [2.75, 3.05) is 0 Å². The van der Waals surface area contributed by atoms with Gasteiger partial charge in [-0.05, 0) is 41.6 Å². The van der Waals surface area contributed by atoms with Gasteiger partial charge in [-0.1, -0.05) is 45.2 Å². The Morgan fingerprint density at radius 1 is 1.00 bits per heavy atom. The minimum Gasteiger partial charge on any atom is -0.159 e. The maximum Gasteiger partial charge on any atom is 0.204 e. The van der Waals surface area contributed by atoms with E-state index < -0.39 is 0 Å². The molecule has 0 bridgehead atoms. The molecule has 0 saturated carbocycles. The molecule has 0 atom stereocenters. The first kappa shape index (κ1) is 14.5. The Morgan fingerprint density at radius 2 is 1.67 bits per heavy atom. The van der Waals surface area contributed by atoms with E-state index in [0.29, 0.717) is 22.4 Å². The van der Waals surface area contributed by atoms with Crippen molar-refractivity contribution in [3.05, 3.63) is 62.5 Å². The molecule has 0 radical (unpaired) electrons. The third kappa shape index (κ3) is 3.26. The van der Waals surface area contributed by atoms with Gasteiger partial charge in [0.15, 0.2) is 0 Å². The van der Waals surface area contributed by atoms with Crippen molar-refractivity contribution in [2.24, 2.45) is 0 Å². The summed E-state index contributed by atoms with van der Waals surface area (Å²) in [7, 11) is 0. The van der Waals surface area contributed by atoms with Gasteiger partial charge in [-0.15, -0.1) is 10.2 Å². The van der Waals surface area contributed by atoms with Gasteiger partial charge in [0.2, 0.25) is 5.82 Å². The molecule has 1 heterocycles. The largest absolute Gasteiger partial charge is 0.204 e. The minimum absolute atomic E-state index is 0.377. The van der Waals surface area contributed by atoms with Crippen molar-refractivity contribution in [1.82, 2.24) is 20.2 Å². The Hall–Kier alpha value is -1.43. The predicted octanol–water partition coefficient (Wildman–Crippen LogP) is 4.46. The number of halogens is 3. The lowest BCUT2D eigenvalue weighted by molar-refractivity contribution is 0.573. The Bertz CT molecular complexity index is 751. The second-order valence-corrected chi connectivity index (χ2v) is 6.08. The molecule has 106 valence electrons. The van der Waals surface area contributed by atoms with E-state index in [-0.39, 0.29) is 0 Å². The molecule has 0 aliphatic rings. The fourth-order valence-electron chi connectivity index (χ4n) is 1.85. The molecule has 0 fully saturated rings. The van der Waals surface area contributed by atoms with E-state index in [9.17, 15) is 0 Å². The van der Waals surface area contributed by atoms with Gasteiger partial charge in [-0.2, -0.15) is 4.80 Å². The summed E-state index contributed by atoms with van der Waals surface area (Å²) in [5.41, 5.74) is 1.68. The average molecular weight is 384 g/mol. The molecule has 0 aliphatic carbocycles. The number of aromatic nitrogens is 4. The van der Waals surface area contributed by atoms with Gasteiger partial charge in [-0.25, -0.2) is 0 Å². The summed E-state index contributed by atoms with van der Waals surface area (Å²) in [5.74, 6) is 0.561. The summed E-state index contributed by atoms with van der Waals surface area (Å²) < 4.78 is 1.00. The molecule has 0 saturated heterocycles. The van der Waals surface area contributed by atoms with Crippen molar-refractivity contribution in [2.45, 2.75) is 6.54 Å². The molecule has 0 amide bonds. The molecule has 2 aromatic carbocycles. The maximum atomic E-state index is 6.14. The molecule has 21 heavy (non-hydrogen) atoms. The van der Waals surface area contributed by atoms with E-state index in [2.05, 4.69) is 31.3 Å². The molecule has 3 rings (SSSR count). The first-order chi connectivity index (χ1) is 10.1. The molecule has 3 aromatic rings. The normalized spacial score (nSPS) is 10.8. The lowest BCUT2D eigenvalue weighted by atomic mass is 10.2.